The van der Waals surface area contributed by atoms with E-state index < -0.39 is 29.6 Å². The van der Waals surface area contributed by atoms with Gasteiger partial charge in [-0.25, -0.2) is 4.79 Å². The minimum atomic E-state index is -0.823. The quantitative estimate of drug-likeness (QED) is 0.509. The summed E-state index contributed by atoms with van der Waals surface area (Å²) in [4.78, 5) is 36.6. The van der Waals surface area contributed by atoms with Gasteiger partial charge in [0.2, 0.25) is 5.91 Å². The molecule has 2 radical (unpaired) electrons. The van der Waals surface area contributed by atoms with Crippen LogP contribution in [0.5, 0.6) is 0 Å². The minimum Gasteiger partial charge on any atom is -0.481 e. The predicted octanol–water partition coefficient (Wildman–Crippen LogP) is 3.14. The first kappa shape index (κ1) is 25.3. The highest BCUT2D eigenvalue weighted by atomic mass is 16.6. The number of hydrogen-bond donors (Lipinski definition) is 3. The molecule has 0 aliphatic heterocycles. The Balaban J connectivity index is 2.71. The SMILES string of the molecule is [B]CC[C@@H]1CC[C@@H](CNC(=O)[C@@H](NC(=O)OC(C)(C)C)[C@@H](C)CC)[C@@H](C(=O)O)C1. The van der Waals surface area contributed by atoms with Gasteiger partial charge >= 0.3 is 12.1 Å². The number of ether oxygens (including phenoxy) is 1. The second-order valence-corrected chi connectivity index (χ2v) is 9.22. The molecule has 29 heavy (non-hydrogen) atoms. The average molecular weight is 408 g/mol. The van der Waals surface area contributed by atoms with Crippen molar-refractivity contribution < 1.29 is 24.2 Å². The second-order valence-electron chi connectivity index (χ2n) is 9.22. The molecule has 1 aliphatic carbocycles. The van der Waals surface area contributed by atoms with Gasteiger partial charge < -0.3 is 20.5 Å². The van der Waals surface area contributed by atoms with E-state index >= 15 is 0 Å². The fraction of sp³-hybridized carbons (Fsp3) is 0.857. The van der Waals surface area contributed by atoms with Crippen LogP contribution in [0, 0.1) is 23.7 Å². The van der Waals surface area contributed by atoms with Crippen molar-refractivity contribution in [2.45, 2.75) is 84.7 Å². The van der Waals surface area contributed by atoms with Crippen molar-refractivity contribution in [1.82, 2.24) is 10.6 Å². The summed E-state index contributed by atoms with van der Waals surface area (Å²) in [6.45, 7) is 9.41. The first-order valence-electron chi connectivity index (χ1n) is 10.7. The van der Waals surface area contributed by atoms with Gasteiger partial charge in [-0.2, -0.15) is 0 Å². The van der Waals surface area contributed by atoms with Crippen molar-refractivity contribution in [2.75, 3.05) is 6.54 Å². The Hall–Kier alpha value is -1.73. The molecule has 0 bridgehead atoms. The molecule has 1 rings (SSSR count). The second kappa shape index (κ2) is 11.5. The van der Waals surface area contributed by atoms with Gasteiger partial charge in [-0.1, -0.05) is 39.4 Å². The van der Waals surface area contributed by atoms with Gasteiger partial charge in [-0.3, -0.25) is 9.59 Å². The molecule has 1 fully saturated rings. The fourth-order valence-corrected chi connectivity index (χ4v) is 3.84. The Bertz CT molecular complexity index is 564. The lowest BCUT2D eigenvalue weighted by molar-refractivity contribution is -0.146. The molecule has 1 saturated carbocycles. The number of carboxylic acid groups (broad SMARTS) is 1. The molecule has 7 nitrogen and oxygen atoms in total. The van der Waals surface area contributed by atoms with E-state index in [1.165, 1.54) is 0 Å². The molecule has 1 aliphatic rings. The summed E-state index contributed by atoms with van der Waals surface area (Å²) in [5.41, 5.74) is -0.655. The monoisotopic (exact) mass is 408 g/mol. The first-order valence-corrected chi connectivity index (χ1v) is 10.7. The number of amides is 2. The number of carboxylic acids is 1. The van der Waals surface area contributed by atoms with Crippen LogP contribution in [0.15, 0.2) is 0 Å². The van der Waals surface area contributed by atoms with E-state index in [1.54, 1.807) is 20.8 Å². The highest BCUT2D eigenvalue weighted by Crippen LogP contribution is 2.36. The molecular weight excluding hydrogens is 371 g/mol. The van der Waals surface area contributed by atoms with Crippen LogP contribution in [-0.2, 0) is 14.3 Å². The van der Waals surface area contributed by atoms with E-state index in [-0.39, 0.29) is 24.3 Å². The molecule has 0 aromatic heterocycles. The zero-order valence-corrected chi connectivity index (χ0v) is 18.5. The third kappa shape index (κ3) is 8.66. The smallest absolute Gasteiger partial charge is 0.408 e. The lowest BCUT2D eigenvalue weighted by Crippen LogP contribution is -2.52. The molecule has 0 spiro atoms. The summed E-state index contributed by atoms with van der Waals surface area (Å²) in [5, 5.41) is 15.1. The zero-order chi connectivity index (χ0) is 22.2. The van der Waals surface area contributed by atoms with Crippen molar-refractivity contribution in [3.8, 4) is 0 Å². The lowest BCUT2D eigenvalue weighted by Gasteiger charge is -2.34. The van der Waals surface area contributed by atoms with Crippen LogP contribution in [0.3, 0.4) is 0 Å². The van der Waals surface area contributed by atoms with Gasteiger partial charge in [0.05, 0.1) is 13.8 Å². The third-order valence-corrected chi connectivity index (χ3v) is 5.70. The van der Waals surface area contributed by atoms with E-state index in [2.05, 4.69) is 10.6 Å². The van der Waals surface area contributed by atoms with E-state index in [0.29, 0.717) is 25.1 Å². The lowest BCUT2D eigenvalue weighted by atomic mass is 9.71. The molecule has 2 amide bonds. The van der Waals surface area contributed by atoms with Gasteiger partial charge in [-0.05, 0) is 51.4 Å². The normalized spacial score (nSPS) is 24.2. The maximum Gasteiger partial charge on any atom is 0.408 e. The van der Waals surface area contributed by atoms with Crippen molar-refractivity contribution in [3.63, 3.8) is 0 Å². The summed E-state index contributed by atoms with van der Waals surface area (Å²) in [6, 6.07) is -0.730. The molecule has 0 heterocycles. The van der Waals surface area contributed by atoms with Crippen LogP contribution < -0.4 is 10.6 Å². The Kier molecular flexibility index (Phi) is 10.0. The number of hydrogen-bond acceptors (Lipinski definition) is 4. The molecule has 3 N–H and O–H groups in total. The molecule has 0 aromatic rings. The molecule has 8 heteroatoms. The van der Waals surface area contributed by atoms with E-state index in [1.807, 2.05) is 13.8 Å². The van der Waals surface area contributed by atoms with Crippen molar-refractivity contribution >= 4 is 25.8 Å². The Morgan fingerprint density at radius 3 is 2.41 bits per heavy atom. The number of carbonyl (C=O) groups excluding carboxylic acids is 2. The van der Waals surface area contributed by atoms with Gasteiger partial charge in [0.1, 0.15) is 11.6 Å². The van der Waals surface area contributed by atoms with Gasteiger partial charge in [0, 0.05) is 6.54 Å². The van der Waals surface area contributed by atoms with Crippen LogP contribution in [0.4, 0.5) is 4.79 Å². The molecule has 5 atom stereocenters. The molecule has 0 saturated heterocycles. The number of nitrogens with one attached hydrogen (secondary N) is 2. The van der Waals surface area contributed by atoms with Crippen LogP contribution in [-0.4, -0.2) is 49.1 Å². The van der Waals surface area contributed by atoms with E-state index in [0.717, 1.165) is 19.3 Å². The molecule has 0 unspecified atom stereocenters. The molecule has 164 valence electrons. The Morgan fingerprint density at radius 1 is 1.24 bits per heavy atom. The number of rotatable bonds is 9. The van der Waals surface area contributed by atoms with Crippen LogP contribution in [0.25, 0.3) is 0 Å². The van der Waals surface area contributed by atoms with Crippen molar-refractivity contribution in [2.24, 2.45) is 23.7 Å². The van der Waals surface area contributed by atoms with Gasteiger partial charge in [-0.15, -0.1) is 0 Å². The largest absolute Gasteiger partial charge is 0.481 e. The van der Waals surface area contributed by atoms with Crippen molar-refractivity contribution in [1.29, 1.82) is 0 Å². The fourth-order valence-electron chi connectivity index (χ4n) is 3.84. The summed E-state index contributed by atoms with van der Waals surface area (Å²) in [7, 11) is 5.62. The minimum absolute atomic E-state index is 0.0851. The van der Waals surface area contributed by atoms with E-state index in [4.69, 9.17) is 12.6 Å². The summed E-state index contributed by atoms with van der Waals surface area (Å²) < 4.78 is 5.27. The van der Waals surface area contributed by atoms with Crippen LogP contribution in [0.2, 0.25) is 6.32 Å². The van der Waals surface area contributed by atoms with Crippen LogP contribution in [0.1, 0.15) is 66.7 Å². The Labute approximate surface area is 176 Å². The maximum absolute atomic E-state index is 12.8. The maximum atomic E-state index is 12.8. The van der Waals surface area contributed by atoms with Crippen molar-refractivity contribution in [3.05, 3.63) is 0 Å². The standard InChI is InChI=1S/C21H37BN2O5/c1-6-13(2)17(24-20(28)29-21(3,4)5)18(25)23-12-15-8-7-14(9-10-22)11-16(15)19(26)27/h13-17H,6-12H2,1-5H3,(H,23,25)(H,24,28)(H,26,27)/t13-,14-,15-,16-,17-/m0/s1. The number of carbonyl (C=O) groups is 3. The zero-order valence-electron chi connectivity index (χ0n) is 18.5. The summed E-state index contributed by atoms with van der Waals surface area (Å²) >= 11 is 0. The highest BCUT2D eigenvalue weighted by Gasteiger charge is 2.36. The van der Waals surface area contributed by atoms with Gasteiger partial charge in [0.15, 0.2) is 0 Å². The first-order chi connectivity index (χ1) is 13.5. The third-order valence-electron chi connectivity index (χ3n) is 5.70. The molecule has 0 aromatic carbocycles. The summed E-state index contributed by atoms with van der Waals surface area (Å²) in [6.07, 6.45) is 3.73. The van der Waals surface area contributed by atoms with Crippen LogP contribution >= 0.6 is 0 Å². The topological polar surface area (TPSA) is 105 Å². The Morgan fingerprint density at radius 2 is 1.90 bits per heavy atom. The average Bonchev–Trinajstić information content (AvgIpc) is 2.62. The highest BCUT2D eigenvalue weighted by molar-refractivity contribution is 6.08. The number of aliphatic carboxylic acids is 1. The summed E-state index contributed by atoms with van der Waals surface area (Å²) in [5.74, 6) is -1.49. The van der Waals surface area contributed by atoms with Gasteiger partial charge in [0.25, 0.3) is 0 Å². The predicted molar refractivity (Wildman–Crippen MR) is 113 cm³/mol. The van der Waals surface area contributed by atoms with E-state index in [9.17, 15) is 19.5 Å². The molecular formula is C21H37BN2O5. The number of alkyl carbamates (subject to hydrolysis) is 1.